The Morgan fingerprint density at radius 2 is 0.808 bits per heavy atom. The largest absolute Gasteiger partial charge is 0.496 e. The second-order valence-corrected chi connectivity index (χ2v) is 20.8. The number of ether oxygens (including phenoxy) is 2. The van der Waals surface area contributed by atoms with Crippen LogP contribution >= 0.6 is 70.6 Å². The Labute approximate surface area is 337 Å². The lowest BCUT2D eigenvalue weighted by molar-refractivity contribution is 0.407. The summed E-state index contributed by atoms with van der Waals surface area (Å²) in [6.07, 6.45) is 2.13. The molecule has 0 radical (unpaired) electrons. The molecule has 1 aliphatic rings. The van der Waals surface area contributed by atoms with Crippen LogP contribution in [0.25, 0.3) is 0 Å². The van der Waals surface area contributed by atoms with Crippen LogP contribution in [-0.4, -0.2) is 45.7 Å². The van der Waals surface area contributed by atoms with E-state index < -0.39 is 0 Å². The van der Waals surface area contributed by atoms with Gasteiger partial charge in [0.05, 0.1) is 14.2 Å². The first-order chi connectivity index (χ1) is 24.8. The highest BCUT2D eigenvalue weighted by atomic mass is 32.2. The highest BCUT2D eigenvalue weighted by molar-refractivity contribution is 8.00. The summed E-state index contributed by atoms with van der Waals surface area (Å²) in [6.45, 7) is 18.0. The summed E-state index contributed by atoms with van der Waals surface area (Å²) in [7, 11) is 3.58. The molecule has 2 aromatic heterocycles. The van der Waals surface area contributed by atoms with Gasteiger partial charge in [0.25, 0.3) is 0 Å². The van der Waals surface area contributed by atoms with Crippen molar-refractivity contribution < 1.29 is 9.47 Å². The molecule has 12 heteroatoms. The number of aromatic nitrogens is 4. The van der Waals surface area contributed by atoms with Gasteiger partial charge in [-0.05, 0) is 34.8 Å². The molecular weight excluding hydrogens is 761 g/mol. The van der Waals surface area contributed by atoms with Crippen LogP contribution in [0.4, 0.5) is 0 Å². The van der Waals surface area contributed by atoms with Gasteiger partial charge in [0, 0.05) is 68.9 Å². The minimum absolute atomic E-state index is 0.0198. The van der Waals surface area contributed by atoms with Crippen LogP contribution in [0.15, 0.2) is 66.8 Å². The van der Waals surface area contributed by atoms with Gasteiger partial charge in [-0.3, -0.25) is 0 Å². The van der Waals surface area contributed by atoms with Crippen molar-refractivity contribution in [2.24, 2.45) is 0 Å². The van der Waals surface area contributed by atoms with Crippen LogP contribution in [0.1, 0.15) is 102 Å². The maximum absolute atomic E-state index is 6.18. The van der Waals surface area contributed by atoms with E-state index in [0.717, 1.165) is 89.3 Å². The molecule has 5 rings (SSSR count). The van der Waals surface area contributed by atoms with E-state index in [-0.39, 0.29) is 10.8 Å². The Kier molecular flexibility index (Phi) is 15.0. The molecule has 3 heterocycles. The van der Waals surface area contributed by atoms with Crippen LogP contribution in [0.2, 0.25) is 0 Å². The van der Waals surface area contributed by atoms with Crippen molar-refractivity contribution in [3.63, 3.8) is 0 Å². The van der Waals surface area contributed by atoms with Crippen LogP contribution < -0.4 is 9.47 Å². The van der Waals surface area contributed by atoms with E-state index in [4.69, 9.17) is 29.4 Å². The lowest BCUT2D eigenvalue weighted by atomic mass is 9.85. The number of rotatable bonds is 8. The number of methoxy groups -OCH3 is 2. The summed E-state index contributed by atoms with van der Waals surface area (Å²) in [5.74, 6) is 6.79. The first kappa shape index (κ1) is 41.5. The maximum Gasteiger partial charge on any atom is 0.189 e. The van der Waals surface area contributed by atoms with Gasteiger partial charge in [0.15, 0.2) is 10.3 Å². The first-order valence-corrected chi connectivity index (χ1v) is 23.7. The van der Waals surface area contributed by atoms with Crippen molar-refractivity contribution in [2.75, 3.05) is 25.7 Å². The molecule has 6 nitrogen and oxygen atoms in total. The monoisotopic (exact) mass is 812 g/mol. The standard InChI is InChI=1S/C40H52N4O2S6/c1-11-13-47-37-41-31-19-32(42-37)50-22-26-16-30(40(6,7)8)18-28(36(26)46-10)24-52-34-20-33(43-38(44-34)48-14-12-2)51-23-27-17-29(39(3,4)5)15-25(21-49-31)35(27)45-9/h15-20H,11-14,21-24H2,1-10H3. The Morgan fingerprint density at radius 1 is 0.519 bits per heavy atom. The van der Waals surface area contributed by atoms with Crippen molar-refractivity contribution in [1.82, 2.24) is 19.9 Å². The minimum atomic E-state index is -0.0198. The molecule has 1 aliphatic heterocycles. The second kappa shape index (κ2) is 18.8. The SMILES string of the molecule is CCCSc1nc2cc(n1)SCc1cc(C(C)(C)C)cc(c1OC)CSc1cc(nc(SCCC)n1)SCc1cc(C(C)(C)C)cc(c1OC)CS2. The van der Waals surface area contributed by atoms with Gasteiger partial charge in [0.2, 0.25) is 0 Å². The molecule has 2 aromatic carbocycles. The van der Waals surface area contributed by atoms with Gasteiger partial charge >= 0.3 is 0 Å². The molecule has 52 heavy (non-hydrogen) atoms. The number of hydrogen-bond acceptors (Lipinski definition) is 12. The zero-order valence-electron chi connectivity index (χ0n) is 32.2. The maximum atomic E-state index is 6.18. The number of fused-ring (bicyclic) bond motifs is 8. The van der Waals surface area contributed by atoms with Crippen molar-refractivity contribution in [3.05, 3.63) is 69.8 Å². The van der Waals surface area contributed by atoms with E-state index in [0.29, 0.717) is 0 Å². The molecule has 0 amide bonds. The predicted octanol–water partition coefficient (Wildman–Crippen LogP) is 12.4. The lowest BCUT2D eigenvalue weighted by Gasteiger charge is -2.24. The summed E-state index contributed by atoms with van der Waals surface area (Å²) in [6, 6.07) is 13.6. The second-order valence-electron chi connectivity index (χ2n) is 14.7. The van der Waals surface area contributed by atoms with Crippen molar-refractivity contribution in [2.45, 2.75) is 132 Å². The van der Waals surface area contributed by atoms with Crippen LogP contribution in [-0.2, 0) is 33.8 Å². The molecule has 0 spiro atoms. The van der Waals surface area contributed by atoms with Crippen molar-refractivity contribution >= 4 is 70.6 Å². The van der Waals surface area contributed by atoms with Gasteiger partial charge in [-0.15, -0.1) is 47.0 Å². The Morgan fingerprint density at radius 3 is 1.04 bits per heavy atom. The summed E-state index contributed by atoms with van der Waals surface area (Å²) >= 11 is 10.5. The fourth-order valence-electron chi connectivity index (χ4n) is 5.51. The number of nitrogens with zero attached hydrogens (tertiary/aromatic N) is 4. The molecular formula is C40H52N4O2S6. The zero-order chi connectivity index (χ0) is 37.5. The molecule has 0 saturated carbocycles. The Bertz CT molecular complexity index is 1610. The van der Waals surface area contributed by atoms with Gasteiger partial charge in [-0.1, -0.05) is 103 Å². The smallest absolute Gasteiger partial charge is 0.189 e. The number of thioether (sulfide) groups is 6. The van der Waals surface area contributed by atoms with E-state index in [1.807, 2.05) is 0 Å². The third-order valence-corrected chi connectivity index (χ3v) is 14.3. The van der Waals surface area contributed by atoms with Gasteiger partial charge in [-0.2, -0.15) is 0 Å². The van der Waals surface area contributed by atoms with Crippen molar-refractivity contribution in [3.8, 4) is 11.5 Å². The molecule has 280 valence electrons. The molecule has 0 aliphatic carbocycles. The quantitative estimate of drug-likeness (QED) is 0.0966. The molecule has 0 atom stereocenters. The normalized spacial score (nSPS) is 14.2. The third-order valence-electron chi connectivity index (χ3n) is 8.32. The lowest BCUT2D eigenvalue weighted by Crippen LogP contribution is -2.13. The fraction of sp³-hybridized carbons (Fsp3) is 0.500. The summed E-state index contributed by atoms with van der Waals surface area (Å²) in [5.41, 5.74) is 7.25. The molecule has 0 N–H and O–H groups in total. The van der Waals surface area contributed by atoms with Gasteiger partial charge < -0.3 is 9.47 Å². The number of benzene rings is 2. The van der Waals surface area contributed by atoms with Gasteiger partial charge in [0.1, 0.15) is 31.6 Å². The molecule has 8 bridgehead atoms. The van der Waals surface area contributed by atoms with E-state index in [2.05, 4.69) is 91.8 Å². The topological polar surface area (TPSA) is 70.0 Å². The predicted molar refractivity (Wildman–Crippen MR) is 228 cm³/mol. The Balaban J connectivity index is 1.65. The van der Waals surface area contributed by atoms with E-state index in [1.165, 1.54) is 33.4 Å². The van der Waals surface area contributed by atoms with Crippen LogP contribution in [0.5, 0.6) is 11.5 Å². The summed E-state index contributed by atoms with van der Waals surface area (Å²) < 4.78 is 12.4. The average Bonchev–Trinajstić information content (AvgIpc) is 3.11. The minimum Gasteiger partial charge on any atom is -0.496 e. The Hall–Kier alpha value is -1.70. The van der Waals surface area contributed by atoms with Crippen LogP contribution in [0, 0.1) is 0 Å². The summed E-state index contributed by atoms with van der Waals surface area (Å²) in [5, 5.41) is 5.55. The van der Waals surface area contributed by atoms with Crippen LogP contribution in [0.3, 0.4) is 0 Å². The fourth-order valence-corrected chi connectivity index (χ4v) is 10.8. The molecule has 0 unspecified atom stereocenters. The number of hydrogen-bond donors (Lipinski definition) is 0. The molecule has 0 saturated heterocycles. The molecule has 0 fully saturated rings. The highest BCUT2D eigenvalue weighted by Crippen LogP contribution is 2.41. The molecule has 4 aromatic rings. The average molecular weight is 813 g/mol. The third kappa shape index (κ3) is 11.2. The van der Waals surface area contributed by atoms with E-state index >= 15 is 0 Å². The van der Waals surface area contributed by atoms with E-state index in [1.54, 1.807) is 84.8 Å². The summed E-state index contributed by atoms with van der Waals surface area (Å²) in [4.78, 5) is 20.1. The highest BCUT2D eigenvalue weighted by Gasteiger charge is 2.23. The van der Waals surface area contributed by atoms with E-state index in [9.17, 15) is 0 Å². The van der Waals surface area contributed by atoms with Crippen molar-refractivity contribution in [1.29, 1.82) is 0 Å². The van der Waals surface area contributed by atoms with Gasteiger partial charge in [-0.25, -0.2) is 19.9 Å². The zero-order valence-corrected chi connectivity index (χ0v) is 37.1. The first-order valence-electron chi connectivity index (χ1n) is 17.8.